The molecule has 82 valence electrons. The van der Waals surface area contributed by atoms with E-state index in [0.717, 1.165) is 6.42 Å². The Kier molecular flexibility index (Phi) is 4.70. The normalized spacial score (nSPS) is 12.1. The van der Waals surface area contributed by atoms with Gasteiger partial charge in [0, 0.05) is 12.6 Å². The standard InChI is InChI=1S/C10H16N4O/c1-8(7-11)4-5-10(15)13-9-3-2-6-12-14-9/h2-3,6,8H,4-5,7,11H2,1H3,(H,13,14,15). The molecule has 5 heteroatoms. The monoisotopic (exact) mass is 208 g/mol. The van der Waals surface area contributed by atoms with Gasteiger partial charge < -0.3 is 11.1 Å². The van der Waals surface area contributed by atoms with Crippen LogP contribution in [0.3, 0.4) is 0 Å². The molecular formula is C10H16N4O. The van der Waals surface area contributed by atoms with E-state index in [1.54, 1.807) is 18.3 Å². The molecule has 1 aromatic heterocycles. The molecule has 0 saturated heterocycles. The third-order valence-corrected chi connectivity index (χ3v) is 2.11. The number of nitrogens with two attached hydrogens (primary N) is 1. The average molecular weight is 208 g/mol. The van der Waals surface area contributed by atoms with Crippen LogP contribution in [0.5, 0.6) is 0 Å². The van der Waals surface area contributed by atoms with Crippen LogP contribution in [0.25, 0.3) is 0 Å². The van der Waals surface area contributed by atoms with Gasteiger partial charge in [-0.1, -0.05) is 6.92 Å². The van der Waals surface area contributed by atoms with E-state index < -0.39 is 0 Å². The molecule has 0 fully saturated rings. The fourth-order valence-electron chi connectivity index (χ4n) is 1.07. The van der Waals surface area contributed by atoms with Gasteiger partial charge >= 0.3 is 0 Å². The Morgan fingerprint density at radius 3 is 3.07 bits per heavy atom. The zero-order chi connectivity index (χ0) is 11.1. The predicted octanol–water partition coefficient (Wildman–Crippen LogP) is 0.790. The van der Waals surface area contributed by atoms with Gasteiger partial charge in [-0.15, -0.1) is 5.10 Å². The lowest BCUT2D eigenvalue weighted by Gasteiger charge is -2.07. The molecule has 1 heterocycles. The largest absolute Gasteiger partial charge is 0.330 e. The SMILES string of the molecule is CC(CN)CCC(=O)Nc1cccnn1. The number of hydrogen-bond acceptors (Lipinski definition) is 4. The van der Waals surface area contributed by atoms with Crippen LogP contribution in [-0.4, -0.2) is 22.6 Å². The van der Waals surface area contributed by atoms with Crippen LogP contribution < -0.4 is 11.1 Å². The minimum absolute atomic E-state index is 0.0456. The molecule has 1 atom stereocenters. The lowest BCUT2D eigenvalue weighted by atomic mass is 10.1. The maximum atomic E-state index is 11.4. The molecule has 3 N–H and O–H groups in total. The highest BCUT2D eigenvalue weighted by molar-refractivity contribution is 5.89. The summed E-state index contributed by atoms with van der Waals surface area (Å²) in [6.45, 7) is 2.63. The lowest BCUT2D eigenvalue weighted by molar-refractivity contribution is -0.116. The van der Waals surface area contributed by atoms with Gasteiger partial charge in [0.25, 0.3) is 0 Å². The number of nitrogens with zero attached hydrogens (tertiary/aromatic N) is 2. The third-order valence-electron chi connectivity index (χ3n) is 2.11. The number of carbonyl (C=O) groups excluding carboxylic acids is 1. The first kappa shape index (κ1) is 11.6. The predicted molar refractivity (Wildman–Crippen MR) is 58.1 cm³/mol. The van der Waals surface area contributed by atoms with E-state index in [1.807, 2.05) is 6.92 Å². The van der Waals surface area contributed by atoms with E-state index in [9.17, 15) is 4.79 Å². The second kappa shape index (κ2) is 6.08. The summed E-state index contributed by atoms with van der Waals surface area (Å²) in [6, 6.07) is 3.43. The van der Waals surface area contributed by atoms with Crippen LogP contribution in [0.4, 0.5) is 5.82 Å². The maximum Gasteiger partial charge on any atom is 0.225 e. The Morgan fingerprint density at radius 1 is 1.67 bits per heavy atom. The Labute approximate surface area is 89.1 Å². The summed E-state index contributed by atoms with van der Waals surface area (Å²) in [6.07, 6.45) is 2.82. The van der Waals surface area contributed by atoms with E-state index in [1.165, 1.54) is 0 Å². The minimum atomic E-state index is -0.0456. The summed E-state index contributed by atoms with van der Waals surface area (Å²) in [4.78, 5) is 11.4. The van der Waals surface area contributed by atoms with Crippen LogP contribution >= 0.6 is 0 Å². The highest BCUT2D eigenvalue weighted by atomic mass is 16.1. The van der Waals surface area contributed by atoms with Gasteiger partial charge in [-0.3, -0.25) is 4.79 Å². The molecular weight excluding hydrogens is 192 g/mol. The first-order chi connectivity index (χ1) is 7.22. The van der Waals surface area contributed by atoms with Crippen molar-refractivity contribution in [3.8, 4) is 0 Å². The zero-order valence-electron chi connectivity index (χ0n) is 8.81. The molecule has 0 aliphatic carbocycles. The van der Waals surface area contributed by atoms with Gasteiger partial charge in [-0.05, 0) is 31.0 Å². The summed E-state index contributed by atoms with van der Waals surface area (Å²) in [5.41, 5.74) is 5.46. The Balaban J connectivity index is 2.31. The number of amides is 1. The molecule has 1 rings (SSSR count). The van der Waals surface area contributed by atoms with Crippen LogP contribution in [0.2, 0.25) is 0 Å². The highest BCUT2D eigenvalue weighted by Crippen LogP contribution is 2.05. The van der Waals surface area contributed by atoms with Crippen molar-refractivity contribution in [1.29, 1.82) is 0 Å². The van der Waals surface area contributed by atoms with Crippen LogP contribution in [0.15, 0.2) is 18.3 Å². The second-order valence-electron chi connectivity index (χ2n) is 3.54. The van der Waals surface area contributed by atoms with Crippen molar-refractivity contribution < 1.29 is 4.79 Å². The van der Waals surface area contributed by atoms with Crippen molar-refractivity contribution in [3.63, 3.8) is 0 Å². The molecule has 1 unspecified atom stereocenters. The number of aromatic nitrogens is 2. The molecule has 0 spiro atoms. The van der Waals surface area contributed by atoms with Crippen LogP contribution in [0, 0.1) is 5.92 Å². The van der Waals surface area contributed by atoms with E-state index in [2.05, 4.69) is 15.5 Å². The first-order valence-corrected chi connectivity index (χ1v) is 5.00. The average Bonchev–Trinajstić information content (AvgIpc) is 2.27. The topological polar surface area (TPSA) is 80.9 Å². The molecule has 15 heavy (non-hydrogen) atoms. The Bertz CT molecular complexity index is 302. The van der Waals surface area contributed by atoms with Gasteiger partial charge in [-0.25, -0.2) is 0 Å². The number of anilines is 1. The summed E-state index contributed by atoms with van der Waals surface area (Å²) in [5, 5.41) is 10.1. The van der Waals surface area contributed by atoms with E-state index in [-0.39, 0.29) is 5.91 Å². The molecule has 0 aromatic carbocycles. The first-order valence-electron chi connectivity index (χ1n) is 5.00. The van der Waals surface area contributed by atoms with Crippen LogP contribution in [0.1, 0.15) is 19.8 Å². The molecule has 0 aliphatic heterocycles. The summed E-state index contributed by atoms with van der Waals surface area (Å²) >= 11 is 0. The second-order valence-corrected chi connectivity index (χ2v) is 3.54. The van der Waals surface area contributed by atoms with E-state index in [4.69, 9.17) is 5.73 Å². The number of hydrogen-bond donors (Lipinski definition) is 2. The maximum absolute atomic E-state index is 11.4. The van der Waals surface area contributed by atoms with E-state index >= 15 is 0 Å². The molecule has 0 aliphatic rings. The van der Waals surface area contributed by atoms with Crippen molar-refractivity contribution in [1.82, 2.24) is 10.2 Å². The van der Waals surface area contributed by atoms with Crippen molar-refractivity contribution in [3.05, 3.63) is 18.3 Å². The summed E-state index contributed by atoms with van der Waals surface area (Å²) in [5.74, 6) is 0.816. The third kappa shape index (κ3) is 4.51. The van der Waals surface area contributed by atoms with Gasteiger partial charge in [0.1, 0.15) is 0 Å². The number of rotatable bonds is 5. The molecule has 0 saturated carbocycles. The zero-order valence-corrected chi connectivity index (χ0v) is 8.81. The summed E-state index contributed by atoms with van der Waals surface area (Å²) < 4.78 is 0. The van der Waals surface area contributed by atoms with Gasteiger partial charge in [0.15, 0.2) is 5.82 Å². The number of carbonyl (C=O) groups is 1. The Hall–Kier alpha value is -1.49. The number of nitrogens with one attached hydrogen (secondary N) is 1. The fourth-order valence-corrected chi connectivity index (χ4v) is 1.07. The van der Waals surface area contributed by atoms with Crippen molar-refractivity contribution >= 4 is 11.7 Å². The van der Waals surface area contributed by atoms with E-state index in [0.29, 0.717) is 24.7 Å². The molecule has 5 nitrogen and oxygen atoms in total. The van der Waals surface area contributed by atoms with Gasteiger partial charge in [0.2, 0.25) is 5.91 Å². The summed E-state index contributed by atoms with van der Waals surface area (Å²) in [7, 11) is 0. The quantitative estimate of drug-likeness (QED) is 0.749. The smallest absolute Gasteiger partial charge is 0.225 e. The van der Waals surface area contributed by atoms with Gasteiger partial charge in [0.05, 0.1) is 0 Å². The molecule has 0 bridgehead atoms. The van der Waals surface area contributed by atoms with Crippen molar-refractivity contribution in [2.45, 2.75) is 19.8 Å². The van der Waals surface area contributed by atoms with Gasteiger partial charge in [-0.2, -0.15) is 5.10 Å². The van der Waals surface area contributed by atoms with Crippen LogP contribution in [-0.2, 0) is 4.79 Å². The molecule has 1 amide bonds. The Morgan fingerprint density at radius 2 is 2.47 bits per heavy atom. The van der Waals surface area contributed by atoms with Crippen molar-refractivity contribution in [2.24, 2.45) is 11.7 Å². The minimum Gasteiger partial charge on any atom is -0.330 e. The lowest BCUT2D eigenvalue weighted by Crippen LogP contribution is -2.17. The molecule has 1 aromatic rings. The fraction of sp³-hybridized carbons (Fsp3) is 0.500. The molecule has 0 radical (unpaired) electrons. The highest BCUT2D eigenvalue weighted by Gasteiger charge is 2.06. The van der Waals surface area contributed by atoms with Crippen molar-refractivity contribution in [2.75, 3.05) is 11.9 Å².